The molecule has 1 N–H and O–H groups in total. The molecule has 0 fully saturated rings. The average Bonchev–Trinajstić information content (AvgIpc) is 2.98. The third kappa shape index (κ3) is 3.88. The second kappa shape index (κ2) is 7.67. The smallest absolute Gasteiger partial charge is 0.349 e. The Labute approximate surface area is 158 Å². The number of para-hydroxylation sites is 1. The summed E-state index contributed by atoms with van der Waals surface area (Å²) in [5.41, 5.74) is 1.21. The summed E-state index contributed by atoms with van der Waals surface area (Å²) >= 11 is 1.12. The van der Waals surface area contributed by atoms with Crippen molar-refractivity contribution in [2.75, 3.05) is 11.9 Å². The van der Waals surface area contributed by atoms with Crippen molar-refractivity contribution in [2.24, 2.45) is 0 Å². The zero-order valence-electron chi connectivity index (χ0n) is 14.7. The lowest BCUT2D eigenvalue weighted by Crippen LogP contribution is -2.21. The number of aryl methyl sites for hydroxylation is 1. The lowest BCUT2D eigenvalue weighted by atomic mass is 10.1. The zero-order valence-corrected chi connectivity index (χ0v) is 15.5. The molecule has 1 amide bonds. The monoisotopic (exact) mass is 385 g/mol. The van der Waals surface area contributed by atoms with Crippen molar-refractivity contribution in [1.29, 1.82) is 0 Å². The quantitative estimate of drug-likeness (QED) is 0.524. The normalized spacial score (nSPS) is 10.6. The number of fused-ring (bicyclic) bond motifs is 1. The van der Waals surface area contributed by atoms with Gasteiger partial charge in [-0.05, 0) is 43.7 Å². The van der Waals surface area contributed by atoms with Crippen LogP contribution in [0.3, 0.4) is 0 Å². The zero-order chi connectivity index (χ0) is 19.6. The van der Waals surface area contributed by atoms with Gasteiger partial charge in [-0.3, -0.25) is 9.59 Å². The van der Waals surface area contributed by atoms with Crippen LogP contribution in [-0.4, -0.2) is 24.3 Å². The number of Topliss-reactive ketones (excluding diaryl/α,β-unsaturated/α-hetero) is 1. The summed E-state index contributed by atoms with van der Waals surface area (Å²) in [6.45, 7) is 2.53. The average molecular weight is 385 g/mol. The molecule has 0 aliphatic heterocycles. The highest BCUT2D eigenvalue weighted by Crippen LogP contribution is 2.33. The minimum atomic E-state index is -0.692. The van der Waals surface area contributed by atoms with Crippen LogP contribution in [-0.2, 0) is 9.53 Å². The first-order valence-electron chi connectivity index (χ1n) is 8.13. The first kappa shape index (κ1) is 18.7. The van der Waals surface area contributed by atoms with E-state index in [2.05, 4.69) is 5.32 Å². The first-order chi connectivity index (χ1) is 12.9. The van der Waals surface area contributed by atoms with Crippen LogP contribution in [0.2, 0.25) is 0 Å². The molecule has 0 unspecified atom stereocenters. The molecule has 3 rings (SSSR count). The fourth-order valence-electron chi connectivity index (χ4n) is 2.73. The molecular formula is C20H16FNO4S. The molecule has 2 aromatic carbocycles. The number of hydrogen-bond acceptors (Lipinski definition) is 5. The van der Waals surface area contributed by atoms with Gasteiger partial charge in [0.1, 0.15) is 10.7 Å². The summed E-state index contributed by atoms with van der Waals surface area (Å²) < 4.78 is 19.6. The van der Waals surface area contributed by atoms with Crippen molar-refractivity contribution in [1.82, 2.24) is 0 Å². The topological polar surface area (TPSA) is 72.5 Å². The van der Waals surface area contributed by atoms with Crippen LogP contribution in [0.25, 0.3) is 10.1 Å². The van der Waals surface area contributed by atoms with Crippen molar-refractivity contribution >= 4 is 44.8 Å². The van der Waals surface area contributed by atoms with Crippen molar-refractivity contribution < 1.29 is 23.5 Å². The van der Waals surface area contributed by atoms with Gasteiger partial charge >= 0.3 is 5.97 Å². The molecule has 138 valence electrons. The molecule has 27 heavy (non-hydrogen) atoms. The van der Waals surface area contributed by atoms with Crippen LogP contribution < -0.4 is 5.32 Å². The fraction of sp³-hybridized carbons (Fsp3) is 0.150. The molecule has 0 aliphatic rings. The Bertz CT molecular complexity index is 1060. The summed E-state index contributed by atoms with van der Waals surface area (Å²) in [6, 6.07) is 11.2. The molecule has 0 radical (unpaired) electrons. The standard InChI is InChI=1S/C20H16FNO4S/c1-11-18-14(21)7-5-9-16(18)27-19(11)20(25)26-10-17(24)22-15-8-4-3-6-13(15)12(2)23/h3-9H,10H2,1-2H3,(H,22,24). The number of anilines is 1. The number of amides is 1. The summed E-state index contributed by atoms with van der Waals surface area (Å²) in [7, 11) is 0. The highest BCUT2D eigenvalue weighted by molar-refractivity contribution is 7.21. The van der Waals surface area contributed by atoms with E-state index in [1.807, 2.05) is 0 Å². The van der Waals surface area contributed by atoms with Gasteiger partial charge < -0.3 is 10.1 Å². The molecule has 0 saturated heterocycles. The Kier molecular flexibility index (Phi) is 5.32. The Hall–Kier alpha value is -3.06. The van der Waals surface area contributed by atoms with Gasteiger partial charge in [0, 0.05) is 15.6 Å². The first-order valence-corrected chi connectivity index (χ1v) is 8.94. The van der Waals surface area contributed by atoms with Gasteiger partial charge in [-0.1, -0.05) is 18.2 Å². The van der Waals surface area contributed by atoms with Crippen molar-refractivity contribution in [3.8, 4) is 0 Å². The number of nitrogens with one attached hydrogen (secondary N) is 1. The van der Waals surface area contributed by atoms with E-state index >= 15 is 0 Å². The van der Waals surface area contributed by atoms with Gasteiger partial charge in [0.25, 0.3) is 5.91 Å². The number of rotatable bonds is 5. The van der Waals surface area contributed by atoms with E-state index in [4.69, 9.17) is 4.74 Å². The van der Waals surface area contributed by atoms with E-state index < -0.39 is 24.3 Å². The maximum Gasteiger partial charge on any atom is 0.349 e. The summed E-state index contributed by atoms with van der Waals surface area (Å²) in [5, 5.41) is 2.94. The van der Waals surface area contributed by atoms with Crippen LogP contribution in [0.15, 0.2) is 42.5 Å². The molecule has 0 aliphatic carbocycles. The number of benzene rings is 2. The highest BCUT2D eigenvalue weighted by atomic mass is 32.1. The molecule has 1 aromatic heterocycles. The minimum absolute atomic E-state index is 0.189. The Balaban J connectivity index is 1.70. The second-order valence-electron chi connectivity index (χ2n) is 5.90. The third-order valence-electron chi connectivity index (χ3n) is 4.00. The van der Waals surface area contributed by atoms with Gasteiger partial charge in [0.15, 0.2) is 12.4 Å². The maximum atomic E-state index is 13.9. The number of carbonyl (C=O) groups excluding carboxylic acids is 3. The molecule has 3 aromatic rings. The molecule has 7 heteroatoms. The van der Waals surface area contributed by atoms with Gasteiger partial charge in [0.05, 0.1) is 5.69 Å². The number of hydrogen-bond donors (Lipinski definition) is 1. The molecule has 0 saturated carbocycles. The predicted molar refractivity (Wildman–Crippen MR) is 102 cm³/mol. The summed E-state index contributed by atoms with van der Waals surface area (Å²) in [4.78, 5) is 36.2. The minimum Gasteiger partial charge on any atom is -0.451 e. The van der Waals surface area contributed by atoms with E-state index in [0.717, 1.165) is 11.3 Å². The number of halogens is 1. The van der Waals surface area contributed by atoms with Crippen LogP contribution in [0.4, 0.5) is 10.1 Å². The lowest BCUT2D eigenvalue weighted by molar-refractivity contribution is -0.119. The number of ketones is 1. The SMILES string of the molecule is CC(=O)c1ccccc1NC(=O)COC(=O)c1sc2cccc(F)c2c1C. The van der Waals surface area contributed by atoms with Crippen molar-refractivity contribution in [2.45, 2.75) is 13.8 Å². The molecule has 1 heterocycles. The Morgan fingerprint density at radius 1 is 1.11 bits per heavy atom. The number of ether oxygens (including phenoxy) is 1. The van der Waals surface area contributed by atoms with Crippen LogP contribution in [0, 0.1) is 12.7 Å². The van der Waals surface area contributed by atoms with Crippen LogP contribution in [0.1, 0.15) is 32.5 Å². The van der Waals surface area contributed by atoms with E-state index in [1.165, 1.54) is 13.0 Å². The van der Waals surface area contributed by atoms with Crippen LogP contribution in [0.5, 0.6) is 0 Å². The largest absolute Gasteiger partial charge is 0.451 e. The highest BCUT2D eigenvalue weighted by Gasteiger charge is 2.20. The van der Waals surface area contributed by atoms with E-state index in [-0.39, 0.29) is 10.7 Å². The molecule has 0 spiro atoms. The maximum absolute atomic E-state index is 13.9. The Morgan fingerprint density at radius 2 is 1.85 bits per heavy atom. The third-order valence-corrected chi connectivity index (χ3v) is 5.24. The molecule has 0 atom stereocenters. The van der Waals surface area contributed by atoms with Crippen molar-refractivity contribution in [3.05, 3.63) is 64.3 Å². The summed E-state index contributed by atoms with van der Waals surface area (Å²) in [5.74, 6) is -1.85. The van der Waals surface area contributed by atoms with E-state index in [1.54, 1.807) is 43.3 Å². The van der Waals surface area contributed by atoms with Gasteiger partial charge in [-0.2, -0.15) is 0 Å². The van der Waals surface area contributed by atoms with E-state index in [9.17, 15) is 18.8 Å². The van der Waals surface area contributed by atoms with E-state index in [0.29, 0.717) is 26.9 Å². The number of esters is 1. The second-order valence-corrected chi connectivity index (χ2v) is 6.95. The molecule has 0 bridgehead atoms. The molecular weight excluding hydrogens is 369 g/mol. The number of thiophene rings is 1. The number of carbonyl (C=O) groups is 3. The fourth-order valence-corrected chi connectivity index (χ4v) is 3.85. The Morgan fingerprint density at radius 3 is 2.56 bits per heavy atom. The van der Waals surface area contributed by atoms with Crippen LogP contribution >= 0.6 is 11.3 Å². The van der Waals surface area contributed by atoms with Gasteiger partial charge in [0.2, 0.25) is 0 Å². The molecule has 5 nitrogen and oxygen atoms in total. The van der Waals surface area contributed by atoms with Gasteiger partial charge in [-0.15, -0.1) is 11.3 Å². The summed E-state index contributed by atoms with van der Waals surface area (Å²) in [6.07, 6.45) is 0. The van der Waals surface area contributed by atoms with Crippen molar-refractivity contribution in [3.63, 3.8) is 0 Å². The van der Waals surface area contributed by atoms with Gasteiger partial charge in [-0.25, -0.2) is 9.18 Å². The predicted octanol–water partition coefficient (Wildman–Crippen LogP) is 4.35. The lowest BCUT2D eigenvalue weighted by Gasteiger charge is -2.09.